The van der Waals surface area contributed by atoms with Gasteiger partial charge < -0.3 is 19.4 Å². The molecule has 1 N–H and O–H groups in total. The van der Waals surface area contributed by atoms with E-state index in [4.69, 9.17) is 9.47 Å². The zero-order valence-electron chi connectivity index (χ0n) is 12.9. The lowest BCUT2D eigenvalue weighted by Gasteiger charge is -2.16. The van der Waals surface area contributed by atoms with Crippen LogP contribution in [0.5, 0.6) is 11.5 Å². The van der Waals surface area contributed by atoms with E-state index in [9.17, 15) is 0 Å². The summed E-state index contributed by atoms with van der Waals surface area (Å²) in [6.45, 7) is 0.911. The Morgan fingerprint density at radius 3 is 2.82 bits per heavy atom. The molecule has 0 amide bonds. The fourth-order valence-corrected chi connectivity index (χ4v) is 3.59. The van der Waals surface area contributed by atoms with Crippen molar-refractivity contribution in [2.24, 2.45) is 0 Å². The van der Waals surface area contributed by atoms with Crippen molar-refractivity contribution in [3.8, 4) is 22.9 Å². The molecule has 1 saturated heterocycles. The van der Waals surface area contributed by atoms with Crippen molar-refractivity contribution in [3.63, 3.8) is 0 Å². The second-order valence-electron chi connectivity index (χ2n) is 5.93. The first-order chi connectivity index (χ1) is 10.8. The summed E-state index contributed by atoms with van der Waals surface area (Å²) in [4.78, 5) is 0. The van der Waals surface area contributed by atoms with E-state index in [-0.39, 0.29) is 0 Å². The lowest BCUT2D eigenvalue weighted by molar-refractivity contribution is 0.355. The highest BCUT2D eigenvalue weighted by molar-refractivity contribution is 5.69. The molecule has 2 bridgehead atoms. The van der Waals surface area contributed by atoms with E-state index in [1.54, 1.807) is 14.2 Å². The largest absolute Gasteiger partial charge is 0.493 e. The summed E-state index contributed by atoms with van der Waals surface area (Å²) in [6.07, 6.45) is 3.39. The van der Waals surface area contributed by atoms with Crippen molar-refractivity contribution in [1.82, 2.24) is 20.1 Å². The Labute approximate surface area is 129 Å². The molecule has 2 unspecified atom stereocenters. The normalized spacial score (nSPS) is 23.0. The zero-order valence-corrected chi connectivity index (χ0v) is 12.9. The number of nitrogens with zero attached hydrogens (tertiary/aromatic N) is 3. The van der Waals surface area contributed by atoms with Gasteiger partial charge in [0.25, 0.3) is 0 Å². The van der Waals surface area contributed by atoms with Crippen molar-refractivity contribution < 1.29 is 9.47 Å². The summed E-state index contributed by atoms with van der Waals surface area (Å²) < 4.78 is 13.2. The Morgan fingerprint density at radius 2 is 2.00 bits per heavy atom. The molecule has 1 aromatic heterocycles. The third kappa shape index (κ3) is 2.06. The Hall–Kier alpha value is -2.08. The van der Waals surface area contributed by atoms with Crippen LogP contribution >= 0.6 is 0 Å². The molecule has 3 heterocycles. The molecular weight excluding hydrogens is 280 g/mol. The van der Waals surface area contributed by atoms with Gasteiger partial charge in [-0.2, -0.15) is 0 Å². The van der Waals surface area contributed by atoms with E-state index >= 15 is 0 Å². The Bertz CT molecular complexity index is 697. The SMILES string of the molecule is COc1cccc(-c2nnc3n2CC2CCC(C3)N2)c1OC. The van der Waals surface area contributed by atoms with Gasteiger partial charge in [-0.25, -0.2) is 0 Å². The molecule has 116 valence electrons. The molecule has 4 rings (SSSR count). The van der Waals surface area contributed by atoms with Gasteiger partial charge in [0.1, 0.15) is 5.82 Å². The Morgan fingerprint density at radius 1 is 1.14 bits per heavy atom. The van der Waals surface area contributed by atoms with Crippen molar-refractivity contribution in [1.29, 1.82) is 0 Å². The van der Waals surface area contributed by atoms with Crippen LogP contribution in [0.1, 0.15) is 18.7 Å². The van der Waals surface area contributed by atoms with Gasteiger partial charge in [-0.1, -0.05) is 6.07 Å². The van der Waals surface area contributed by atoms with Gasteiger partial charge >= 0.3 is 0 Å². The highest BCUT2D eigenvalue weighted by atomic mass is 16.5. The van der Waals surface area contributed by atoms with Crippen molar-refractivity contribution >= 4 is 0 Å². The third-order valence-corrected chi connectivity index (χ3v) is 4.64. The van der Waals surface area contributed by atoms with Gasteiger partial charge in [0, 0.05) is 25.0 Å². The minimum atomic E-state index is 0.512. The fourth-order valence-electron chi connectivity index (χ4n) is 3.59. The number of rotatable bonds is 3. The quantitative estimate of drug-likeness (QED) is 0.933. The lowest BCUT2D eigenvalue weighted by atomic mass is 10.1. The first-order valence-electron chi connectivity index (χ1n) is 7.69. The third-order valence-electron chi connectivity index (χ3n) is 4.64. The minimum absolute atomic E-state index is 0.512. The molecular formula is C16H20N4O2. The van der Waals surface area contributed by atoms with Crippen molar-refractivity contribution in [2.75, 3.05) is 14.2 Å². The predicted octanol–water partition coefficient (Wildman–Crippen LogP) is 1.64. The number of hydrogen-bond donors (Lipinski definition) is 1. The average molecular weight is 300 g/mol. The molecule has 0 saturated carbocycles. The van der Waals surface area contributed by atoms with Gasteiger partial charge in [0.15, 0.2) is 17.3 Å². The summed E-state index contributed by atoms with van der Waals surface area (Å²) in [7, 11) is 3.30. The number of fused-ring (bicyclic) bond motifs is 3. The molecule has 1 aromatic carbocycles. The van der Waals surface area contributed by atoms with Gasteiger partial charge in [0.05, 0.1) is 19.8 Å². The second-order valence-corrected chi connectivity index (χ2v) is 5.93. The second kappa shape index (κ2) is 5.28. The lowest BCUT2D eigenvalue weighted by Crippen LogP contribution is -2.30. The molecule has 2 aliphatic heterocycles. The standard InChI is InChI=1S/C16H20N4O2/c1-21-13-5-3-4-12(15(13)22-2)16-19-18-14-8-10-6-7-11(17-10)9-20(14)16/h3-5,10-11,17H,6-9H2,1-2H3. The van der Waals surface area contributed by atoms with Crippen molar-refractivity contribution in [2.45, 2.75) is 37.9 Å². The van der Waals surface area contributed by atoms with Crippen molar-refractivity contribution in [3.05, 3.63) is 24.0 Å². The maximum Gasteiger partial charge on any atom is 0.171 e. The molecule has 0 aliphatic carbocycles. The average Bonchev–Trinajstić information content (AvgIpc) is 3.09. The van der Waals surface area contributed by atoms with Crippen LogP contribution in [-0.4, -0.2) is 41.1 Å². The molecule has 2 aliphatic rings. The van der Waals surface area contributed by atoms with Crippen LogP contribution < -0.4 is 14.8 Å². The van der Waals surface area contributed by atoms with E-state index in [2.05, 4.69) is 20.1 Å². The van der Waals surface area contributed by atoms with Gasteiger partial charge in [-0.15, -0.1) is 10.2 Å². The zero-order chi connectivity index (χ0) is 15.1. The maximum absolute atomic E-state index is 5.55. The predicted molar refractivity (Wildman–Crippen MR) is 82.2 cm³/mol. The van der Waals surface area contributed by atoms with E-state index in [0.29, 0.717) is 23.6 Å². The topological polar surface area (TPSA) is 61.2 Å². The van der Waals surface area contributed by atoms with Crippen LogP contribution in [0, 0.1) is 0 Å². The van der Waals surface area contributed by atoms with Crippen LogP contribution in [0.25, 0.3) is 11.4 Å². The van der Waals surface area contributed by atoms with Crippen LogP contribution in [0.4, 0.5) is 0 Å². The smallest absolute Gasteiger partial charge is 0.171 e. The van der Waals surface area contributed by atoms with E-state index < -0.39 is 0 Å². The Kier molecular flexibility index (Phi) is 3.26. The monoisotopic (exact) mass is 300 g/mol. The van der Waals surface area contributed by atoms with Crippen LogP contribution in [0.3, 0.4) is 0 Å². The molecule has 6 heteroatoms. The van der Waals surface area contributed by atoms with Crippen LogP contribution in [0.15, 0.2) is 18.2 Å². The highest BCUT2D eigenvalue weighted by Crippen LogP contribution is 2.38. The molecule has 6 nitrogen and oxygen atoms in total. The summed E-state index contributed by atoms with van der Waals surface area (Å²) >= 11 is 0. The van der Waals surface area contributed by atoms with Gasteiger partial charge in [0.2, 0.25) is 0 Å². The maximum atomic E-state index is 5.55. The summed E-state index contributed by atoms with van der Waals surface area (Å²) in [5.41, 5.74) is 0.929. The van der Waals surface area contributed by atoms with Gasteiger partial charge in [-0.3, -0.25) is 0 Å². The van der Waals surface area contributed by atoms with E-state index in [1.807, 2.05) is 18.2 Å². The number of benzene rings is 1. The number of nitrogens with one attached hydrogen (secondary N) is 1. The van der Waals surface area contributed by atoms with Crippen LogP contribution in [-0.2, 0) is 13.0 Å². The van der Waals surface area contributed by atoms with Gasteiger partial charge in [-0.05, 0) is 25.0 Å². The number of ether oxygens (including phenoxy) is 2. The molecule has 22 heavy (non-hydrogen) atoms. The number of methoxy groups -OCH3 is 2. The highest BCUT2D eigenvalue weighted by Gasteiger charge is 2.32. The first kappa shape index (κ1) is 13.6. The Balaban J connectivity index is 1.82. The molecule has 0 spiro atoms. The van der Waals surface area contributed by atoms with E-state index in [0.717, 1.165) is 30.2 Å². The molecule has 2 atom stereocenters. The van der Waals surface area contributed by atoms with E-state index in [1.165, 1.54) is 12.8 Å². The summed E-state index contributed by atoms with van der Waals surface area (Å²) in [6, 6.07) is 6.91. The number of hydrogen-bond acceptors (Lipinski definition) is 5. The first-order valence-corrected chi connectivity index (χ1v) is 7.69. The summed E-state index contributed by atoms with van der Waals surface area (Å²) in [5.74, 6) is 3.34. The fraction of sp³-hybridized carbons (Fsp3) is 0.500. The van der Waals surface area contributed by atoms with Crippen LogP contribution in [0.2, 0.25) is 0 Å². The summed E-state index contributed by atoms with van der Waals surface area (Å²) in [5, 5.41) is 12.5. The molecule has 0 radical (unpaired) electrons. The minimum Gasteiger partial charge on any atom is -0.493 e. The number of para-hydroxylation sites is 1. The number of aromatic nitrogens is 3. The molecule has 1 fully saturated rings. The molecule has 2 aromatic rings.